The highest BCUT2D eigenvalue weighted by atomic mass is 32.1. The third-order valence-corrected chi connectivity index (χ3v) is 11.4. The SMILES string of the molecule is c1ccc(-c2ncc(-n3c4c5ccccc5c5ccccc5c4c4c5ccccc5c5sc6ccccc6c5c43)c(-c3ccccc3)n2)cc1. The van der Waals surface area contributed by atoms with Crippen molar-refractivity contribution in [1.29, 1.82) is 0 Å². The average molecular weight is 654 g/mol. The maximum absolute atomic E-state index is 5.39. The zero-order chi connectivity index (χ0) is 32.8. The minimum absolute atomic E-state index is 0.709. The van der Waals surface area contributed by atoms with Crippen molar-refractivity contribution in [2.24, 2.45) is 0 Å². The number of thiophene rings is 1. The van der Waals surface area contributed by atoms with E-state index in [9.17, 15) is 0 Å². The Morgan fingerprint density at radius 1 is 0.420 bits per heavy atom. The Morgan fingerprint density at radius 2 is 0.940 bits per heavy atom. The number of hydrogen-bond acceptors (Lipinski definition) is 3. The van der Waals surface area contributed by atoms with Gasteiger partial charge in [0.05, 0.1) is 28.6 Å². The molecule has 11 rings (SSSR count). The lowest BCUT2D eigenvalue weighted by Gasteiger charge is -2.16. The molecular weight excluding hydrogens is 627 g/mol. The van der Waals surface area contributed by atoms with Crippen molar-refractivity contribution in [1.82, 2.24) is 14.5 Å². The van der Waals surface area contributed by atoms with Crippen LogP contribution in [0.2, 0.25) is 0 Å². The number of rotatable bonds is 3. The highest BCUT2D eigenvalue weighted by molar-refractivity contribution is 7.27. The number of fused-ring (bicyclic) bond motifs is 15. The first-order chi connectivity index (χ1) is 24.8. The van der Waals surface area contributed by atoms with E-state index in [2.05, 4.69) is 150 Å². The molecule has 232 valence electrons. The van der Waals surface area contributed by atoms with Crippen molar-refractivity contribution < 1.29 is 0 Å². The average Bonchev–Trinajstić information content (AvgIpc) is 3.76. The number of nitrogens with zero attached hydrogens (tertiary/aromatic N) is 3. The van der Waals surface area contributed by atoms with Crippen LogP contribution < -0.4 is 0 Å². The minimum Gasteiger partial charge on any atom is -0.304 e. The molecule has 0 saturated carbocycles. The highest BCUT2D eigenvalue weighted by Gasteiger charge is 2.27. The molecule has 0 aliphatic heterocycles. The zero-order valence-electron chi connectivity index (χ0n) is 26.8. The molecule has 0 aliphatic rings. The van der Waals surface area contributed by atoms with E-state index in [0.29, 0.717) is 5.82 Å². The lowest BCUT2D eigenvalue weighted by atomic mass is 9.94. The maximum Gasteiger partial charge on any atom is 0.159 e. The fourth-order valence-electron chi connectivity index (χ4n) is 8.13. The number of hydrogen-bond donors (Lipinski definition) is 0. The Balaban J connectivity index is 1.46. The minimum atomic E-state index is 0.709. The van der Waals surface area contributed by atoms with Gasteiger partial charge in [0.25, 0.3) is 0 Å². The molecule has 0 atom stereocenters. The molecule has 8 aromatic carbocycles. The van der Waals surface area contributed by atoms with Crippen LogP contribution in [0.15, 0.2) is 164 Å². The van der Waals surface area contributed by atoms with Crippen LogP contribution in [-0.2, 0) is 0 Å². The molecule has 0 unspecified atom stereocenters. The van der Waals surface area contributed by atoms with Crippen molar-refractivity contribution >= 4 is 85.6 Å². The smallest absolute Gasteiger partial charge is 0.159 e. The van der Waals surface area contributed by atoms with Crippen molar-refractivity contribution in [2.45, 2.75) is 0 Å². The van der Waals surface area contributed by atoms with Gasteiger partial charge in [0.15, 0.2) is 5.82 Å². The van der Waals surface area contributed by atoms with E-state index >= 15 is 0 Å². The highest BCUT2D eigenvalue weighted by Crippen LogP contribution is 2.51. The van der Waals surface area contributed by atoms with Gasteiger partial charge in [0, 0.05) is 52.8 Å². The second-order valence-corrected chi connectivity index (χ2v) is 13.9. The van der Waals surface area contributed by atoms with Crippen molar-refractivity contribution in [3.05, 3.63) is 164 Å². The van der Waals surface area contributed by atoms with Gasteiger partial charge in [-0.2, -0.15) is 0 Å². The first kappa shape index (κ1) is 27.6. The summed E-state index contributed by atoms with van der Waals surface area (Å²) in [4.78, 5) is 10.5. The monoisotopic (exact) mass is 653 g/mol. The third-order valence-electron chi connectivity index (χ3n) is 10.2. The van der Waals surface area contributed by atoms with Gasteiger partial charge in [-0.05, 0) is 27.6 Å². The lowest BCUT2D eigenvalue weighted by molar-refractivity contribution is 1.09. The van der Waals surface area contributed by atoms with E-state index in [1.807, 2.05) is 29.5 Å². The van der Waals surface area contributed by atoms with Gasteiger partial charge >= 0.3 is 0 Å². The summed E-state index contributed by atoms with van der Waals surface area (Å²) in [7, 11) is 0. The van der Waals surface area contributed by atoms with Crippen LogP contribution >= 0.6 is 11.3 Å². The first-order valence-electron chi connectivity index (χ1n) is 16.9. The van der Waals surface area contributed by atoms with Crippen LogP contribution in [0, 0.1) is 0 Å². The van der Waals surface area contributed by atoms with Gasteiger partial charge in [-0.25, -0.2) is 9.97 Å². The molecular formula is C46H27N3S. The van der Waals surface area contributed by atoms with Crippen LogP contribution in [0.3, 0.4) is 0 Å². The summed E-state index contributed by atoms with van der Waals surface area (Å²) in [5.74, 6) is 0.709. The normalized spacial score (nSPS) is 12.0. The van der Waals surface area contributed by atoms with Crippen LogP contribution in [0.25, 0.3) is 103 Å². The van der Waals surface area contributed by atoms with Gasteiger partial charge in [-0.1, -0.05) is 152 Å². The summed E-state index contributed by atoms with van der Waals surface area (Å²) in [6.45, 7) is 0. The molecule has 0 fully saturated rings. The molecule has 11 aromatic rings. The largest absolute Gasteiger partial charge is 0.304 e. The van der Waals surface area contributed by atoms with Crippen LogP contribution in [0.1, 0.15) is 0 Å². The molecule has 0 amide bonds. The summed E-state index contributed by atoms with van der Waals surface area (Å²) < 4.78 is 5.09. The predicted molar refractivity (Wildman–Crippen MR) is 213 cm³/mol. The molecule has 0 radical (unpaired) electrons. The molecule has 4 heteroatoms. The van der Waals surface area contributed by atoms with Crippen molar-refractivity contribution in [2.75, 3.05) is 0 Å². The van der Waals surface area contributed by atoms with Gasteiger partial charge in [0.1, 0.15) is 0 Å². The molecule has 0 aliphatic carbocycles. The van der Waals surface area contributed by atoms with Crippen LogP contribution in [0.5, 0.6) is 0 Å². The van der Waals surface area contributed by atoms with E-state index in [4.69, 9.17) is 9.97 Å². The van der Waals surface area contributed by atoms with Crippen LogP contribution in [-0.4, -0.2) is 14.5 Å². The van der Waals surface area contributed by atoms with Crippen molar-refractivity contribution in [3.63, 3.8) is 0 Å². The summed E-state index contributed by atoms with van der Waals surface area (Å²) in [5, 5.41) is 12.6. The first-order valence-corrected chi connectivity index (χ1v) is 17.7. The summed E-state index contributed by atoms with van der Waals surface area (Å²) in [6, 6.07) is 56.4. The van der Waals surface area contributed by atoms with E-state index < -0.39 is 0 Å². The molecule has 0 bridgehead atoms. The Morgan fingerprint density at radius 3 is 1.66 bits per heavy atom. The van der Waals surface area contributed by atoms with Gasteiger partial charge < -0.3 is 4.57 Å². The number of benzene rings is 8. The standard InChI is InChI=1S/C46H27N3S/c1-3-15-28(16-4-1)42-37(27-47-46(48-42)29-17-5-2-6-18-29)49-43-34-23-11-8-20-31(34)30-19-7-9-21-32(30)39(43)40-33-22-10-12-24-35(33)45-41(44(40)49)36-25-13-14-26-38(36)50-45/h1-27H. The van der Waals surface area contributed by atoms with E-state index in [1.165, 1.54) is 74.3 Å². The van der Waals surface area contributed by atoms with Crippen LogP contribution in [0.4, 0.5) is 0 Å². The fraction of sp³-hybridized carbons (Fsp3) is 0. The molecule has 0 spiro atoms. The van der Waals surface area contributed by atoms with E-state index in [1.54, 1.807) is 0 Å². The second-order valence-electron chi connectivity index (χ2n) is 12.9. The predicted octanol–water partition coefficient (Wildman–Crippen LogP) is 12.7. The topological polar surface area (TPSA) is 30.7 Å². The summed E-state index contributed by atoms with van der Waals surface area (Å²) in [6.07, 6.45) is 2.05. The Hall–Kier alpha value is -6.36. The molecule has 3 aromatic heterocycles. The molecule has 0 N–H and O–H groups in total. The second kappa shape index (κ2) is 10.6. The zero-order valence-corrected chi connectivity index (χ0v) is 27.7. The summed E-state index contributed by atoms with van der Waals surface area (Å²) in [5.41, 5.74) is 6.28. The van der Waals surface area contributed by atoms with Crippen molar-refractivity contribution in [3.8, 4) is 28.3 Å². The Kier molecular flexibility index (Phi) is 5.83. The third kappa shape index (κ3) is 3.79. The molecule has 3 nitrogen and oxygen atoms in total. The van der Waals surface area contributed by atoms with Gasteiger partial charge in [0.2, 0.25) is 0 Å². The van der Waals surface area contributed by atoms with E-state index in [-0.39, 0.29) is 0 Å². The van der Waals surface area contributed by atoms with Gasteiger partial charge in [-0.15, -0.1) is 11.3 Å². The maximum atomic E-state index is 5.39. The summed E-state index contributed by atoms with van der Waals surface area (Å²) >= 11 is 1.88. The lowest BCUT2D eigenvalue weighted by Crippen LogP contribution is -2.03. The fourth-order valence-corrected chi connectivity index (χ4v) is 9.38. The molecule has 3 heterocycles. The Labute approximate surface area is 291 Å². The molecule has 0 saturated heterocycles. The van der Waals surface area contributed by atoms with E-state index in [0.717, 1.165) is 22.5 Å². The Bertz CT molecular complexity index is 3140. The van der Waals surface area contributed by atoms with Gasteiger partial charge in [-0.3, -0.25) is 0 Å². The quantitative estimate of drug-likeness (QED) is 0.178. The number of aromatic nitrogens is 3. The molecule has 50 heavy (non-hydrogen) atoms.